The summed E-state index contributed by atoms with van der Waals surface area (Å²) in [4.78, 5) is 0. The highest BCUT2D eigenvalue weighted by atomic mass is 16.5. The van der Waals surface area contributed by atoms with Gasteiger partial charge in [-0.05, 0) is 12.2 Å². The molecule has 0 radical (unpaired) electrons. The van der Waals surface area contributed by atoms with Crippen molar-refractivity contribution in [1.82, 2.24) is 0 Å². The lowest BCUT2D eigenvalue weighted by atomic mass is 10.0. The molecule has 0 bridgehead atoms. The summed E-state index contributed by atoms with van der Waals surface area (Å²) in [6.07, 6.45) is 5.94. The Morgan fingerprint density at radius 2 is 2.33 bits per heavy atom. The first-order valence-electron chi connectivity index (χ1n) is 3.93. The molecule has 1 aliphatic carbocycles. The van der Waals surface area contributed by atoms with E-state index in [1.54, 1.807) is 12.2 Å². The van der Waals surface area contributed by atoms with Crippen LogP contribution in [0.4, 0.5) is 0 Å². The third-order valence-corrected chi connectivity index (χ3v) is 1.66. The summed E-state index contributed by atoms with van der Waals surface area (Å²) in [5.74, 6) is 0. The van der Waals surface area contributed by atoms with Gasteiger partial charge in [-0.25, -0.2) is 0 Å². The van der Waals surface area contributed by atoms with Gasteiger partial charge in [0.25, 0.3) is 0 Å². The van der Waals surface area contributed by atoms with Gasteiger partial charge in [-0.3, -0.25) is 5.73 Å². The van der Waals surface area contributed by atoms with Crippen molar-refractivity contribution >= 4 is 0 Å². The van der Waals surface area contributed by atoms with Crippen molar-refractivity contribution in [2.45, 2.75) is 12.1 Å². The first-order chi connectivity index (χ1) is 5.66. The van der Waals surface area contributed by atoms with Crippen LogP contribution in [0.3, 0.4) is 0 Å². The van der Waals surface area contributed by atoms with Crippen molar-refractivity contribution in [3.05, 3.63) is 23.9 Å². The molecular formula is C8H15N3O. The van der Waals surface area contributed by atoms with Gasteiger partial charge in [0.05, 0.1) is 6.61 Å². The Kier molecular flexibility index (Phi) is 2.86. The van der Waals surface area contributed by atoms with E-state index in [2.05, 4.69) is 0 Å². The third kappa shape index (κ3) is 2.34. The van der Waals surface area contributed by atoms with Crippen LogP contribution in [-0.4, -0.2) is 18.9 Å². The summed E-state index contributed by atoms with van der Waals surface area (Å²) in [6.45, 7) is 0.921. The predicted octanol–water partition coefficient (Wildman–Crippen LogP) is -0.581. The second-order valence-electron chi connectivity index (χ2n) is 2.87. The molecule has 0 spiro atoms. The Hall–Kier alpha value is -0.840. The largest absolute Gasteiger partial charge is 0.402 e. The van der Waals surface area contributed by atoms with Gasteiger partial charge in [0.15, 0.2) is 0 Å². The Morgan fingerprint density at radius 1 is 1.58 bits per heavy atom. The quantitative estimate of drug-likeness (QED) is 0.493. The van der Waals surface area contributed by atoms with E-state index in [1.807, 2.05) is 6.08 Å². The van der Waals surface area contributed by atoms with Crippen molar-refractivity contribution in [2.75, 3.05) is 13.2 Å². The molecule has 0 amide bonds. The van der Waals surface area contributed by atoms with Gasteiger partial charge in [0, 0.05) is 18.7 Å². The van der Waals surface area contributed by atoms with Gasteiger partial charge >= 0.3 is 0 Å². The Labute approximate surface area is 72.0 Å². The minimum absolute atomic E-state index is 0.452. The molecule has 0 fully saturated rings. The summed E-state index contributed by atoms with van der Waals surface area (Å²) >= 11 is 0. The van der Waals surface area contributed by atoms with E-state index in [1.165, 1.54) is 0 Å². The summed E-state index contributed by atoms with van der Waals surface area (Å²) in [5, 5.41) is 0. The predicted molar refractivity (Wildman–Crippen MR) is 48.0 cm³/mol. The van der Waals surface area contributed by atoms with Gasteiger partial charge in [0.1, 0.15) is 5.72 Å². The molecule has 0 aromatic heterocycles. The molecule has 0 saturated carbocycles. The Bertz CT molecular complexity index is 212. The molecule has 12 heavy (non-hydrogen) atoms. The molecule has 0 aliphatic heterocycles. The zero-order valence-corrected chi connectivity index (χ0v) is 6.99. The van der Waals surface area contributed by atoms with E-state index in [0.717, 1.165) is 5.70 Å². The van der Waals surface area contributed by atoms with Crippen LogP contribution >= 0.6 is 0 Å². The SMILES string of the molecule is NCCO[C@]1(N)C=CC=C(N)C1. The Balaban J connectivity index is 2.51. The van der Waals surface area contributed by atoms with E-state index < -0.39 is 5.72 Å². The molecule has 0 unspecified atom stereocenters. The normalized spacial score (nSPS) is 28.7. The molecule has 0 aromatic rings. The van der Waals surface area contributed by atoms with Crippen LogP contribution in [0.1, 0.15) is 6.42 Å². The zero-order valence-electron chi connectivity index (χ0n) is 6.99. The summed E-state index contributed by atoms with van der Waals surface area (Å²) in [7, 11) is 0. The maximum atomic E-state index is 5.85. The molecule has 6 N–H and O–H groups in total. The molecule has 1 aliphatic rings. The molecule has 0 aromatic carbocycles. The lowest BCUT2D eigenvalue weighted by molar-refractivity contribution is -0.0000146. The molecular weight excluding hydrogens is 154 g/mol. The van der Waals surface area contributed by atoms with E-state index in [0.29, 0.717) is 19.6 Å². The fourth-order valence-corrected chi connectivity index (χ4v) is 1.12. The fourth-order valence-electron chi connectivity index (χ4n) is 1.12. The third-order valence-electron chi connectivity index (χ3n) is 1.66. The van der Waals surface area contributed by atoms with Crippen molar-refractivity contribution in [2.24, 2.45) is 17.2 Å². The number of hydrogen-bond donors (Lipinski definition) is 3. The van der Waals surface area contributed by atoms with E-state index in [4.69, 9.17) is 21.9 Å². The monoisotopic (exact) mass is 169 g/mol. The minimum atomic E-state index is -0.752. The maximum absolute atomic E-state index is 5.85. The van der Waals surface area contributed by atoms with Crippen molar-refractivity contribution in [3.63, 3.8) is 0 Å². The number of ether oxygens (including phenoxy) is 1. The van der Waals surface area contributed by atoms with Gasteiger partial charge < -0.3 is 16.2 Å². The first kappa shape index (κ1) is 9.25. The van der Waals surface area contributed by atoms with E-state index in [-0.39, 0.29) is 0 Å². The molecule has 1 atom stereocenters. The highest BCUT2D eigenvalue weighted by Crippen LogP contribution is 2.18. The van der Waals surface area contributed by atoms with Gasteiger partial charge in [-0.15, -0.1) is 0 Å². The molecule has 4 nitrogen and oxygen atoms in total. The van der Waals surface area contributed by atoms with Crippen LogP contribution in [0.5, 0.6) is 0 Å². The maximum Gasteiger partial charge on any atom is 0.141 e. The molecule has 68 valence electrons. The van der Waals surface area contributed by atoms with E-state index in [9.17, 15) is 0 Å². The topological polar surface area (TPSA) is 87.3 Å². The summed E-state index contributed by atoms with van der Waals surface area (Å²) in [6, 6.07) is 0. The van der Waals surface area contributed by atoms with Crippen molar-refractivity contribution < 1.29 is 4.74 Å². The fraction of sp³-hybridized carbons (Fsp3) is 0.500. The van der Waals surface area contributed by atoms with Gasteiger partial charge in [-0.1, -0.05) is 6.08 Å². The lowest BCUT2D eigenvalue weighted by Gasteiger charge is -2.28. The lowest BCUT2D eigenvalue weighted by Crippen LogP contribution is -2.44. The minimum Gasteiger partial charge on any atom is -0.402 e. The molecule has 1 rings (SSSR count). The van der Waals surface area contributed by atoms with Crippen LogP contribution in [-0.2, 0) is 4.74 Å². The average molecular weight is 169 g/mol. The summed E-state index contributed by atoms with van der Waals surface area (Å²) in [5.41, 5.74) is 16.7. The van der Waals surface area contributed by atoms with Crippen molar-refractivity contribution in [1.29, 1.82) is 0 Å². The molecule has 4 heteroatoms. The van der Waals surface area contributed by atoms with Crippen LogP contribution in [0.15, 0.2) is 23.9 Å². The van der Waals surface area contributed by atoms with Crippen molar-refractivity contribution in [3.8, 4) is 0 Å². The number of allylic oxidation sites excluding steroid dienone is 2. The zero-order chi connectivity index (χ0) is 9.03. The molecule has 0 heterocycles. The standard InChI is InChI=1S/C8H15N3O/c9-4-5-12-8(11)3-1-2-7(10)6-8/h1-3H,4-6,9-11H2/t8-/m1/s1. The smallest absolute Gasteiger partial charge is 0.141 e. The Morgan fingerprint density at radius 3 is 2.92 bits per heavy atom. The highest BCUT2D eigenvalue weighted by molar-refractivity contribution is 5.22. The first-order valence-corrected chi connectivity index (χ1v) is 3.93. The number of hydrogen-bond acceptors (Lipinski definition) is 4. The van der Waals surface area contributed by atoms with Crippen LogP contribution in [0.25, 0.3) is 0 Å². The average Bonchev–Trinajstić information content (AvgIpc) is 2.01. The van der Waals surface area contributed by atoms with Crippen LogP contribution in [0, 0.1) is 0 Å². The van der Waals surface area contributed by atoms with Crippen LogP contribution < -0.4 is 17.2 Å². The van der Waals surface area contributed by atoms with Gasteiger partial charge in [0.2, 0.25) is 0 Å². The van der Waals surface area contributed by atoms with Crippen LogP contribution in [0.2, 0.25) is 0 Å². The van der Waals surface area contributed by atoms with Gasteiger partial charge in [-0.2, -0.15) is 0 Å². The number of nitrogens with two attached hydrogens (primary N) is 3. The second-order valence-corrected chi connectivity index (χ2v) is 2.87. The summed E-state index contributed by atoms with van der Waals surface area (Å²) < 4.78 is 5.34. The molecule has 0 saturated heterocycles. The second kappa shape index (κ2) is 3.71. The highest BCUT2D eigenvalue weighted by Gasteiger charge is 2.24. The van der Waals surface area contributed by atoms with E-state index >= 15 is 0 Å². The number of rotatable bonds is 3.